The van der Waals surface area contributed by atoms with Crippen molar-refractivity contribution in [2.75, 3.05) is 24.1 Å². The molecule has 4 aromatic rings. The number of fused-ring (bicyclic) bond motifs is 1. The minimum Gasteiger partial charge on any atom is -0.352 e. The van der Waals surface area contributed by atoms with Gasteiger partial charge in [0.15, 0.2) is 0 Å². The van der Waals surface area contributed by atoms with Crippen LogP contribution in [0.25, 0.3) is 22.2 Å². The molecule has 0 atom stereocenters. The first-order valence-electron chi connectivity index (χ1n) is 13.1. The number of benzene rings is 2. The van der Waals surface area contributed by atoms with E-state index in [4.69, 9.17) is 5.10 Å². The van der Waals surface area contributed by atoms with Gasteiger partial charge in [0.05, 0.1) is 28.3 Å². The zero-order chi connectivity index (χ0) is 28.4. The predicted molar refractivity (Wildman–Crippen MR) is 160 cm³/mol. The summed E-state index contributed by atoms with van der Waals surface area (Å²) in [4.78, 5) is 27.2. The summed E-state index contributed by atoms with van der Waals surface area (Å²) < 4.78 is 23.0. The van der Waals surface area contributed by atoms with Crippen LogP contribution in [0.5, 0.6) is 0 Å². The average Bonchev–Trinajstić information content (AvgIpc) is 3.76. The third-order valence-corrected chi connectivity index (χ3v) is 7.13. The molecule has 0 radical (unpaired) electrons. The van der Waals surface area contributed by atoms with Crippen molar-refractivity contribution >= 4 is 40.1 Å². The van der Waals surface area contributed by atoms with Crippen LogP contribution in [-0.4, -0.2) is 32.7 Å². The molecule has 2 heterocycles. The Morgan fingerprint density at radius 2 is 1.77 bits per heavy atom. The Morgan fingerprint density at radius 3 is 2.41 bits per heavy atom. The van der Waals surface area contributed by atoms with Crippen molar-refractivity contribution in [2.24, 2.45) is 7.05 Å². The lowest BCUT2D eigenvalue weighted by Gasteiger charge is -2.19. The highest BCUT2D eigenvalue weighted by Gasteiger charge is 2.30. The van der Waals surface area contributed by atoms with Gasteiger partial charge in [-0.1, -0.05) is 32.0 Å². The van der Waals surface area contributed by atoms with E-state index in [2.05, 4.69) is 10.0 Å². The van der Waals surface area contributed by atoms with E-state index in [-0.39, 0.29) is 22.8 Å². The highest BCUT2D eigenvalue weighted by molar-refractivity contribution is 7.98. The molecule has 0 spiro atoms. The van der Waals surface area contributed by atoms with Crippen LogP contribution in [0.1, 0.15) is 43.9 Å². The molecule has 0 saturated heterocycles. The monoisotopic (exact) mass is 550 g/mol. The summed E-state index contributed by atoms with van der Waals surface area (Å²) in [6, 6.07) is 12.5. The number of nitrogens with zero attached hydrogens (tertiary/aromatic N) is 4. The van der Waals surface area contributed by atoms with Crippen molar-refractivity contribution in [1.82, 2.24) is 18.7 Å². The first kappa shape index (κ1) is 28.4. The third kappa shape index (κ3) is 5.72. The molecule has 2 aromatic carbocycles. The summed E-state index contributed by atoms with van der Waals surface area (Å²) in [6.07, 6.45) is 1.72. The molecule has 39 heavy (non-hydrogen) atoms. The Morgan fingerprint density at radius 1 is 1.05 bits per heavy atom. The van der Waals surface area contributed by atoms with Crippen molar-refractivity contribution < 1.29 is 4.39 Å². The van der Waals surface area contributed by atoms with Gasteiger partial charge in [0.1, 0.15) is 11.5 Å². The number of pyridine rings is 1. The number of aromatic nitrogens is 3. The highest BCUT2D eigenvalue weighted by atomic mass is 32.2. The number of halogens is 1. The van der Waals surface area contributed by atoms with Crippen LogP contribution in [0.4, 0.5) is 21.5 Å². The van der Waals surface area contributed by atoms with Crippen molar-refractivity contribution in [3.8, 4) is 11.3 Å². The van der Waals surface area contributed by atoms with E-state index in [0.29, 0.717) is 27.8 Å². The molecule has 0 unspecified atom stereocenters. The maximum atomic E-state index is 14.8. The summed E-state index contributed by atoms with van der Waals surface area (Å²) in [5.41, 5.74) is 3.58. The Bertz CT molecular complexity index is 1640. The predicted octanol–water partition coefficient (Wildman–Crippen LogP) is 6.16. The SMILES string of the molecule is CC.Cc1ccc(Nc2c(C)c(=O)n(C)c3c(-c4cccc(NSN(C)C)c4)nn(C4CC4)c(=O)c23)c(F)c1. The number of hydrogen-bond donors (Lipinski definition) is 2. The quantitative estimate of drug-likeness (QED) is 0.267. The molecule has 0 amide bonds. The fourth-order valence-corrected chi connectivity index (χ4v) is 4.80. The van der Waals surface area contributed by atoms with E-state index in [1.54, 1.807) is 33.0 Å². The minimum atomic E-state index is -0.456. The Hall–Kier alpha value is -3.63. The fraction of sp³-hybridized carbons (Fsp3) is 0.345. The van der Waals surface area contributed by atoms with Crippen LogP contribution in [0.3, 0.4) is 0 Å². The molecule has 5 rings (SSSR count). The first-order valence-corrected chi connectivity index (χ1v) is 13.8. The van der Waals surface area contributed by atoms with Crippen molar-refractivity contribution in [3.63, 3.8) is 0 Å². The molecule has 8 nitrogen and oxygen atoms in total. The van der Waals surface area contributed by atoms with Crippen molar-refractivity contribution in [2.45, 2.75) is 46.6 Å². The Kier molecular flexibility index (Phi) is 8.46. The summed E-state index contributed by atoms with van der Waals surface area (Å²) >= 11 is 1.43. The van der Waals surface area contributed by atoms with Gasteiger partial charge in [0.2, 0.25) is 0 Å². The minimum absolute atomic E-state index is 0.00255. The van der Waals surface area contributed by atoms with Crippen LogP contribution < -0.4 is 21.2 Å². The Labute approximate surface area is 232 Å². The van der Waals surface area contributed by atoms with Gasteiger partial charge in [0, 0.05) is 36.0 Å². The topological polar surface area (TPSA) is 84.2 Å². The zero-order valence-corrected chi connectivity index (χ0v) is 24.2. The second-order valence-corrected chi connectivity index (χ2v) is 10.7. The normalized spacial score (nSPS) is 12.8. The number of nitrogens with one attached hydrogen (secondary N) is 2. The lowest BCUT2D eigenvalue weighted by atomic mass is 10.0. The molecular formula is C29H35FN6O2S. The van der Waals surface area contributed by atoms with Gasteiger partial charge in [-0.25, -0.2) is 13.4 Å². The second-order valence-electron chi connectivity index (χ2n) is 9.61. The number of hydrogen-bond acceptors (Lipinski definition) is 7. The second kappa shape index (κ2) is 11.6. The average molecular weight is 551 g/mol. The molecule has 0 aliphatic heterocycles. The molecule has 1 aliphatic rings. The van der Waals surface area contributed by atoms with Crippen LogP contribution in [-0.2, 0) is 7.05 Å². The first-order chi connectivity index (χ1) is 18.7. The van der Waals surface area contributed by atoms with Crippen LogP contribution in [0, 0.1) is 19.7 Å². The van der Waals surface area contributed by atoms with E-state index in [9.17, 15) is 14.0 Å². The van der Waals surface area contributed by atoms with Gasteiger partial charge < -0.3 is 14.6 Å². The molecule has 2 N–H and O–H groups in total. The lowest BCUT2D eigenvalue weighted by molar-refractivity contribution is 0.607. The van der Waals surface area contributed by atoms with Gasteiger partial charge in [-0.2, -0.15) is 5.10 Å². The van der Waals surface area contributed by atoms with Crippen molar-refractivity contribution in [3.05, 3.63) is 80.1 Å². The molecule has 1 saturated carbocycles. The fourth-order valence-electron chi connectivity index (χ4n) is 4.38. The van der Waals surface area contributed by atoms with Gasteiger partial charge in [0.25, 0.3) is 11.1 Å². The molecule has 1 fully saturated rings. The Balaban J connectivity index is 0.00000172. The smallest absolute Gasteiger partial charge is 0.278 e. The van der Waals surface area contributed by atoms with Crippen LogP contribution in [0.2, 0.25) is 0 Å². The third-order valence-electron chi connectivity index (χ3n) is 6.44. The largest absolute Gasteiger partial charge is 0.352 e. The molecule has 2 aromatic heterocycles. The van der Waals surface area contributed by atoms with E-state index < -0.39 is 5.82 Å². The molecule has 0 bridgehead atoms. The molecule has 206 valence electrons. The standard InChI is InChI=1S/C27H29FN6O2S.C2H6/c1-15-9-12-21(20(28)13-15)29-23-16(2)26(35)33(5)25-22(23)27(36)34(19-10-11-19)30-24(25)17-7-6-8-18(14-17)31-37-32(3)4;1-2/h6-9,12-14,19,29,31H,10-11H2,1-5H3;1-2H3. The summed E-state index contributed by atoms with van der Waals surface area (Å²) in [5, 5.41) is 8.17. The van der Waals surface area contributed by atoms with Crippen LogP contribution >= 0.6 is 12.1 Å². The van der Waals surface area contributed by atoms with Gasteiger partial charge in [-0.15, -0.1) is 0 Å². The van der Waals surface area contributed by atoms with Gasteiger partial charge >= 0.3 is 0 Å². The van der Waals surface area contributed by atoms with Crippen LogP contribution in [0.15, 0.2) is 52.1 Å². The summed E-state index contributed by atoms with van der Waals surface area (Å²) in [5.74, 6) is -0.456. The maximum absolute atomic E-state index is 14.8. The van der Waals surface area contributed by atoms with E-state index >= 15 is 0 Å². The van der Waals surface area contributed by atoms with Gasteiger partial charge in [-0.3, -0.25) is 9.59 Å². The highest BCUT2D eigenvalue weighted by Crippen LogP contribution is 2.37. The lowest BCUT2D eigenvalue weighted by Crippen LogP contribution is -2.29. The number of rotatable bonds is 7. The summed E-state index contributed by atoms with van der Waals surface area (Å²) in [6.45, 7) is 7.46. The van der Waals surface area contributed by atoms with Crippen molar-refractivity contribution in [1.29, 1.82) is 0 Å². The number of aryl methyl sites for hydroxylation is 2. The van der Waals surface area contributed by atoms with Gasteiger partial charge in [-0.05, 0) is 70.6 Å². The molecule has 10 heteroatoms. The van der Waals surface area contributed by atoms with E-state index in [1.165, 1.54) is 27.4 Å². The van der Waals surface area contributed by atoms with E-state index in [1.807, 2.05) is 56.5 Å². The van der Waals surface area contributed by atoms with E-state index in [0.717, 1.165) is 29.7 Å². The maximum Gasteiger partial charge on any atom is 0.278 e. The number of anilines is 3. The molecule has 1 aliphatic carbocycles. The summed E-state index contributed by atoms with van der Waals surface area (Å²) in [7, 11) is 5.52. The molecular weight excluding hydrogens is 515 g/mol. The zero-order valence-electron chi connectivity index (χ0n) is 23.4.